The van der Waals surface area contributed by atoms with Gasteiger partial charge in [-0.25, -0.2) is 4.99 Å². The number of hydrogen-bond acceptors (Lipinski definition) is 3. The van der Waals surface area contributed by atoms with Gasteiger partial charge in [-0.3, -0.25) is 0 Å². The molecule has 0 saturated heterocycles. The Morgan fingerprint density at radius 3 is 2.83 bits per heavy atom. The summed E-state index contributed by atoms with van der Waals surface area (Å²) in [6.45, 7) is 8.10. The van der Waals surface area contributed by atoms with Crippen LogP contribution in [0.2, 0.25) is 0 Å². The number of rotatable bonds is 7. The van der Waals surface area contributed by atoms with Crippen LogP contribution in [0.1, 0.15) is 25.2 Å². The second-order valence-corrected chi connectivity index (χ2v) is 5.40. The number of nitrogens with one attached hydrogen (secondary N) is 2. The maximum Gasteiger partial charge on any atom is 0.191 e. The minimum absolute atomic E-state index is 0.0317. The Labute approximate surface area is 137 Å². The largest absolute Gasteiger partial charge is 0.489 e. The summed E-state index contributed by atoms with van der Waals surface area (Å²) >= 11 is 0. The smallest absolute Gasteiger partial charge is 0.191 e. The van der Waals surface area contributed by atoms with Crippen LogP contribution in [0.4, 0.5) is 0 Å². The Bertz CT molecular complexity index is 608. The van der Waals surface area contributed by atoms with Crippen LogP contribution in [0, 0.1) is 6.92 Å². The Morgan fingerprint density at radius 2 is 2.13 bits per heavy atom. The monoisotopic (exact) mass is 315 g/mol. The van der Waals surface area contributed by atoms with Crippen LogP contribution >= 0.6 is 0 Å². The van der Waals surface area contributed by atoms with E-state index in [4.69, 9.17) is 9.15 Å². The molecule has 0 aliphatic heterocycles. The fourth-order valence-corrected chi connectivity index (χ4v) is 2.10. The molecule has 5 nitrogen and oxygen atoms in total. The lowest BCUT2D eigenvalue weighted by molar-refractivity contribution is 0.223. The highest BCUT2D eigenvalue weighted by atomic mass is 16.5. The molecule has 2 rings (SSSR count). The zero-order valence-electron chi connectivity index (χ0n) is 14.0. The van der Waals surface area contributed by atoms with Crippen molar-refractivity contribution in [1.82, 2.24) is 10.6 Å². The van der Waals surface area contributed by atoms with E-state index in [0.717, 1.165) is 24.0 Å². The molecule has 2 N–H and O–H groups in total. The van der Waals surface area contributed by atoms with Gasteiger partial charge in [-0.2, -0.15) is 0 Å². The van der Waals surface area contributed by atoms with E-state index in [-0.39, 0.29) is 6.10 Å². The number of benzene rings is 1. The van der Waals surface area contributed by atoms with E-state index in [1.54, 1.807) is 6.26 Å². The van der Waals surface area contributed by atoms with Crippen molar-refractivity contribution in [3.63, 3.8) is 0 Å². The molecule has 0 fully saturated rings. The van der Waals surface area contributed by atoms with E-state index < -0.39 is 0 Å². The first kappa shape index (κ1) is 16.9. The van der Waals surface area contributed by atoms with E-state index in [0.29, 0.717) is 13.1 Å². The van der Waals surface area contributed by atoms with Crippen LogP contribution in [-0.2, 0) is 6.54 Å². The lowest BCUT2D eigenvalue weighted by Gasteiger charge is -2.17. The third-order valence-electron chi connectivity index (χ3n) is 3.20. The third kappa shape index (κ3) is 6.06. The third-order valence-corrected chi connectivity index (χ3v) is 3.20. The summed E-state index contributed by atoms with van der Waals surface area (Å²) in [5.41, 5.74) is 1.19. The van der Waals surface area contributed by atoms with Crippen molar-refractivity contribution in [3.05, 3.63) is 54.0 Å². The number of ether oxygens (including phenoxy) is 1. The Balaban J connectivity index is 1.83. The van der Waals surface area contributed by atoms with Gasteiger partial charge in [-0.05, 0) is 50.6 Å². The average Bonchev–Trinajstić information content (AvgIpc) is 3.03. The first-order chi connectivity index (χ1) is 11.2. The van der Waals surface area contributed by atoms with Crippen molar-refractivity contribution >= 4 is 5.96 Å². The number of aliphatic imine (C=N–C) groups is 1. The molecule has 0 spiro atoms. The van der Waals surface area contributed by atoms with Gasteiger partial charge in [0.15, 0.2) is 5.96 Å². The second kappa shape index (κ2) is 8.88. The Morgan fingerprint density at radius 1 is 1.26 bits per heavy atom. The highest BCUT2D eigenvalue weighted by molar-refractivity contribution is 5.79. The zero-order valence-corrected chi connectivity index (χ0v) is 14.0. The first-order valence-corrected chi connectivity index (χ1v) is 7.95. The molecule has 1 heterocycles. The van der Waals surface area contributed by atoms with Crippen molar-refractivity contribution in [2.45, 2.75) is 33.4 Å². The first-order valence-electron chi connectivity index (χ1n) is 7.95. The number of hydrogen-bond donors (Lipinski definition) is 2. The molecule has 1 unspecified atom stereocenters. The molecular formula is C18H25N3O2. The van der Waals surface area contributed by atoms with Gasteiger partial charge in [0.2, 0.25) is 0 Å². The summed E-state index contributed by atoms with van der Waals surface area (Å²) in [5, 5.41) is 6.51. The fourth-order valence-electron chi connectivity index (χ4n) is 2.10. The van der Waals surface area contributed by atoms with Gasteiger partial charge in [-0.15, -0.1) is 0 Å². The van der Waals surface area contributed by atoms with Gasteiger partial charge < -0.3 is 19.8 Å². The van der Waals surface area contributed by atoms with Crippen LogP contribution in [0.25, 0.3) is 0 Å². The van der Waals surface area contributed by atoms with Crippen molar-refractivity contribution in [2.75, 3.05) is 13.1 Å². The van der Waals surface area contributed by atoms with Gasteiger partial charge >= 0.3 is 0 Å². The standard InChI is InChI=1S/C18H25N3O2/c1-4-19-18(21-13-17-9-6-10-22-17)20-12-15(3)23-16-8-5-7-14(2)11-16/h5-11,15H,4,12-13H2,1-3H3,(H2,19,20,21). The minimum atomic E-state index is 0.0317. The molecule has 0 aliphatic carbocycles. The Kier molecular flexibility index (Phi) is 6.54. The summed E-state index contributed by atoms with van der Waals surface area (Å²) < 4.78 is 11.2. The number of furan rings is 1. The lowest BCUT2D eigenvalue weighted by Crippen LogP contribution is -2.41. The predicted octanol–water partition coefficient (Wildman–Crippen LogP) is 3.11. The van der Waals surface area contributed by atoms with Crippen LogP contribution in [0.5, 0.6) is 5.75 Å². The van der Waals surface area contributed by atoms with E-state index in [9.17, 15) is 0 Å². The summed E-state index contributed by atoms with van der Waals surface area (Å²) in [4.78, 5) is 4.49. The van der Waals surface area contributed by atoms with Gasteiger partial charge in [0.25, 0.3) is 0 Å². The SMILES string of the molecule is CCNC(=NCc1ccco1)NCC(C)Oc1cccc(C)c1. The van der Waals surface area contributed by atoms with Crippen molar-refractivity contribution < 1.29 is 9.15 Å². The highest BCUT2D eigenvalue weighted by Crippen LogP contribution is 2.13. The molecule has 0 amide bonds. The van der Waals surface area contributed by atoms with E-state index in [1.165, 1.54) is 5.56 Å². The second-order valence-electron chi connectivity index (χ2n) is 5.40. The van der Waals surface area contributed by atoms with Gasteiger partial charge in [-0.1, -0.05) is 12.1 Å². The van der Waals surface area contributed by atoms with Gasteiger partial charge in [0, 0.05) is 6.54 Å². The normalized spacial score (nSPS) is 12.7. The van der Waals surface area contributed by atoms with Crippen molar-refractivity contribution in [2.24, 2.45) is 4.99 Å². The molecule has 0 bridgehead atoms. The van der Waals surface area contributed by atoms with Crippen LogP contribution < -0.4 is 15.4 Å². The van der Waals surface area contributed by atoms with E-state index in [1.807, 2.05) is 44.2 Å². The highest BCUT2D eigenvalue weighted by Gasteiger charge is 2.06. The van der Waals surface area contributed by atoms with Crippen molar-refractivity contribution in [3.8, 4) is 5.75 Å². The Hall–Kier alpha value is -2.43. The summed E-state index contributed by atoms with van der Waals surface area (Å²) in [5.74, 6) is 2.48. The number of nitrogens with zero attached hydrogens (tertiary/aromatic N) is 1. The molecular weight excluding hydrogens is 290 g/mol. The van der Waals surface area contributed by atoms with E-state index in [2.05, 4.69) is 28.6 Å². The van der Waals surface area contributed by atoms with Gasteiger partial charge in [0.1, 0.15) is 24.2 Å². The van der Waals surface area contributed by atoms with Crippen LogP contribution in [0.3, 0.4) is 0 Å². The molecule has 0 aliphatic rings. The van der Waals surface area contributed by atoms with Crippen molar-refractivity contribution in [1.29, 1.82) is 0 Å². The number of guanidine groups is 1. The minimum Gasteiger partial charge on any atom is -0.489 e. The average molecular weight is 315 g/mol. The summed E-state index contributed by atoms with van der Waals surface area (Å²) in [6.07, 6.45) is 1.69. The maximum absolute atomic E-state index is 5.91. The molecule has 2 aromatic rings. The molecule has 1 atom stereocenters. The van der Waals surface area contributed by atoms with Crippen LogP contribution in [0.15, 0.2) is 52.1 Å². The summed E-state index contributed by atoms with van der Waals surface area (Å²) in [6, 6.07) is 11.8. The predicted molar refractivity (Wildman–Crippen MR) is 92.8 cm³/mol. The van der Waals surface area contributed by atoms with Crippen LogP contribution in [-0.4, -0.2) is 25.2 Å². The zero-order chi connectivity index (χ0) is 16.5. The fraction of sp³-hybridized carbons (Fsp3) is 0.389. The molecule has 23 heavy (non-hydrogen) atoms. The molecule has 5 heteroatoms. The quantitative estimate of drug-likeness (QED) is 0.609. The molecule has 1 aromatic carbocycles. The molecule has 1 aromatic heterocycles. The summed E-state index contributed by atoms with van der Waals surface area (Å²) in [7, 11) is 0. The molecule has 124 valence electrons. The molecule has 0 radical (unpaired) electrons. The van der Waals surface area contributed by atoms with E-state index >= 15 is 0 Å². The number of aryl methyl sites for hydroxylation is 1. The molecule has 0 saturated carbocycles. The van der Waals surface area contributed by atoms with Gasteiger partial charge in [0.05, 0.1) is 12.8 Å². The lowest BCUT2D eigenvalue weighted by atomic mass is 10.2. The topological polar surface area (TPSA) is 58.8 Å². The maximum atomic E-state index is 5.91.